The zero-order chi connectivity index (χ0) is 31.3. The predicted molar refractivity (Wildman–Crippen MR) is 177 cm³/mol. The largest absolute Gasteiger partial charge is 0.506 e. The first-order chi connectivity index (χ1) is 22.4. The molecule has 2 saturated carbocycles. The van der Waals surface area contributed by atoms with Gasteiger partial charge in [0.15, 0.2) is 5.82 Å². The highest BCUT2D eigenvalue weighted by molar-refractivity contribution is 6.01. The second kappa shape index (κ2) is 10.0. The van der Waals surface area contributed by atoms with Crippen LogP contribution in [0.4, 0.5) is 0 Å². The van der Waals surface area contributed by atoms with Gasteiger partial charge in [-0.3, -0.25) is 4.79 Å². The molecule has 4 heterocycles. The number of rotatable bonds is 6. The summed E-state index contributed by atoms with van der Waals surface area (Å²) < 4.78 is 10.3. The van der Waals surface area contributed by atoms with Gasteiger partial charge in [-0.1, -0.05) is 18.2 Å². The predicted octanol–water partition coefficient (Wildman–Crippen LogP) is 5.49. The van der Waals surface area contributed by atoms with Gasteiger partial charge in [0.25, 0.3) is 5.91 Å². The van der Waals surface area contributed by atoms with E-state index in [1.807, 2.05) is 42.3 Å². The van der Waals surface area contributed by atoms with Crippen LogP contribution in [0.25, 0.3) is 55.5 Å². The summed E-state index contributed by atoms with van der Waals surface area (Å²) in [6.07, 6.45) is 5.87. The fourth-order valence-corrected chi connectivity index (χ4v) is 7.86. The minimum absolute atomic E-state index is 0.000479. The molecular formula is C36H35N7O3. The first-order valence-electron chi connectivity index (χ1n) is 16.1. The molecule has 46 heavy (non-hydrogen) atoms. The van der Waals surface area contributed by atoms with Crippen LogP contribution in [-0.2, 0) is 13.6 Å². The SMILES string of the molecule is COc1cc(C(=O)N2C[C@H]3CC[C@@H]2[C@@H]3N)cc2nc(-c3cc4ccc(-c5ccc6nncc(O)c6c5)cc4n3CC3CC3)n(C)c12. The molecule has 3 atom stereocenters. The highest BCUT2D eigenvalue weighted by atomic mass is 16.5. The van der Waals surface area contributed by atoms with E-state index in [4.69, 9.17) is 15.5 Å². The minimum atomic E-state index is -0.000479. The number of hydrogen-bond acceptors (Lipinski definition) is 7. The summed E-state index contributed by atoms with van der Waals surface area (Å²) in [7, 11) is 3.66. The molecule has 1 saturated heterocycles. The Labute approximate surface area is 265 Å². The summed E-state index contributed by atoms with van der Waals surface area (Å²) in [6.45, 7) is 1.62. The van der Waals surface area contributed by atoms with Crippen molar-refractivity contribution >= 4 is 38.7 Å². The molecule has 6 aromatic rings. The van der Waals surface area contributed by atoms with E-state index >= 15 is 0 Å². The Bertz CT molecular complexity index is 2210. The number of nitrogens with two attached hydrogens (primary N) is 1. The number of amides is 1. The normalized spacial score (nSPS) is 20.8. The van der Waals surface area contributed by atoms with Gasteiger partial charge < -0.3 is 29.6 Å². The van der Waals surface area contributed by atoms with E-state index in [0.717, 1.165) is 70.5 Å². The van der Waals surface area contributed by atoms with Crippen molar-refractivity contribution in [1.29, 1.82) is 0 Å². The first-order valence-corrected chi connectivity index (χ1v) is 16.1. The molecule has 232 valence electrons. The van der Waals surface area contributed by atoms with Crippen LogP contribution in [0.5, 0.6) is 11.5 Å². The number of aromatic nitrogens is 5. The van der Waals surface area contributed by atoms with Crippen LogP contribution >= 0.6 is 0 Å². The molecule has 1 amide bonds. The van der Waals surface area contributed by atoms with Crippen molar-refractivity contribution < 1.29 is 14.6 Å². The molecule has 3 N–H and O–H groups in total. The zero-order valence-corrected chi connectivity index (χ0v) is 25.8. The van der Waals surface area contributed by atoms with Crippen molar-refractivity contribution in [3.05, 3.63) is 66.4 Å². The van der Waals surface area contributed by atoms with Crippen LogP contribution in [0.15, 0.2) is 60.8 Å². The van der Waals surface area contributed by atoms with E-state index in [1.165, 1.54) is 19.0 Å². The molecule has 2 aliphatic carbocycles. The smallest absolute Gasteiger partial charge is 0.254 e. The molecule has 0 spiro atoms. The first kappa shape index (κ1) is 27.4. The number of likely N-dealkylation sites (tertiary alicyclic amines) is 1. The van der Waals surface area contributed by atoms with E-state index in [1.54, 1.807) is 7.11 Å². The lowest BCUT2D eigenvalue weighted by Gasteiger charge is -2.27. The number of methoxy groups -OCH3 is 1. The van der Waals surface area contributed by atoms with Gasteiger partial charge in [-0.05, 0) is 85.0 Å². The van der Waals surface area contributed by atoms with Crippen LogP contribution in [0, 0.1) is 11.8 Å². The Balaban J connectivity index is 1.16. The fraction of sp³-hybridized carbons (Fsp3) is 0.333. The highest BCUT2D eigenvalue weighted by Crippen LogP contribution is 2.41. The van der Waals surface area contributed by atoms with Gasteiger partial charge in [-0.25, -0.2) is 4.98 Å². The number of benzene rings is 3. The van der Waals surface area contributed by atoms with Crippen molar-refractivity contribution in [3.63, 3.8) is 0 Å². The summed E-state index contributed by atoms with van der Waals surface area (Å²) in [5.41, 5.74) is 13.5. The maximum Gasteiger partial charge on any atom is 0.254 e. The highest BCUT2D eigenvalue weighted by Gasteiger charge is 2.47. The molecule has 3 aliphatic rings. The number of ether oxygens (including phenoxy) is 1. The van der Waals surface area contributed by atoms with Gasteiger partial charge in [-0.2, -0.15) is 10.2 Å². The average molecular weight is 614 g/mol. The lowest BCUT2D eigenvalue weighted by Crippen LogP contribution is -2.41. The third kappa shape index (κ3) is 4.12. The van der Waals surface area contributed by atoms with Crippen LogP contribution in [0.3, 0.4) is 0 Å². The quantitative estimate of drug-likeness (QED) is 0.255. The standard InChI is InChI=1S/C36H35N7O3/c1-41-34-27(12-24(15-32(34)46-2)36(45)43-18-23-8-10-28(43)33(23)37)39-35(41)30-14-22-6-5-21(13-29(22)42(30)17-19-3-4-19)20-7-9-26-25(11-20)31(44)16-38-40-26/h5-7,9,11-16,19,23,28,33H,3-4,8,10,17-18,37H2,1-2H3,(H,40,44)/t23-,28-,33-/m1/s1. The van der Waals surface area contributed by atoms with Crippen LogP contribution in [-0.4, -0.2) is 66.0 Å². The Kier molecular flexibility index (Phi) is 5.96. The second-order valence-corrected chi connectivity index (χ2v) is 13.3. The van der Waals surface area contributed by atoms with Gasteiger partial charge in [0.1, 0.15) is 17.0 Å². The van der Waals surface area contributed by atoms with E-state index < -0.39 is 0 Å². The minimum Gasteiger partial charge on any atom is -0.506 e. The number of carbonyl (C=O) groups is 1. The summed E-state index contributed by atoms with van der Waals surface area (Å²) in [4.78, 5) is 20.9. The Morgan fingerprint density at radius 3 is 2.61 bits per heavy atom. The molecule has 0 radical (unpaired) electrons. The molecule has 3 fully saturated rings. The monoisotopic (exact) mass is 613 g/mol. The maximum atomic E-state index is 13.8. The van der Waals surface area contributed by atoms with Crippen molar-refractivity contribution in [2.24, 2.45) is 24.6 Å². The van der Waals surface area contributed by atoms with Crippen LogP contribution in [0.1, 0.15) is 36.0 Å². The number of aromatic hydroxyl groups is 1. The molecule has 3 aromatic carbocycles. The Morgan fingerprint density at radius 2 is 1.85 bits per heavy atom. The molecule has 0 unspecified atom stereocenters. The van der Waals surface area contributed by atoms with Crippen molar-refractivity contribution in [2.75, 3.05) is 13.7 Å². The molecule has 2 bridgehead atoms. The van der Waals surface area contributed by atoms with Gasteiger partial charge in [0.05, 0.1) is 30.0 Å². The number of fused-ring (bicyclic) bond motifs is 5. The van der Waals surface area contributed by atoms with Crippen LogP contribution in [0.2, 0.25) is 0 Å². The maximum absolute atomic E-state index is 13.8. The molecule has 3 aromatic heterocycles. The lowest BCUT2D eigenvalue weighted by molar-refractivity contribution is 0.0700. The topological polar surface area (TPSA) is 124 Å². The fourth-order valence-electron chi connectivity index (χ4n) is 7.86. The van der Waals surface area contributed by atoms with Crippen molar-refractivity contribution in [3.8, 4) is 34.1 Å². The lowest BCUT2D eigenvalue weighted by atomic mass is 10.0. The number of piperidine rings is 1. The summed E-state index contributed by atoms with van der Waals surface area (Å²) in [5, 5.41) is 20.2. The molecule has 10 heteroatoms. The van der Waals surface area contributed by atoms with Crippen LogP contribution < -0.4 is 10.5 Å². The van der Waals surface area contributed by atoms with Gasteiger partial charge in [0.2, 0.25) is 0 Å². The summed E-state index contributed by atoms with van der Waals surface area (Å²) in [6, 6.07) is 18.5. The van der Waals surface area contributed by atoms with Crippen molar-refractivity contribution in [2.45, 2.75) is 44.3 Å². The van der Waals surface area contributed by atoms with Gasteiger partial charge in [-0.15, -0.1) is 0 Å². The summed E-state index contributed by atoms with van der Waals surface area (Å²) >= 11 is 0. The van der Waals surface area contributed by atoms with Gasteiger partial charge >= 0.3 is 0 Å². The summed E-state index contributed by atoms with van der Waals surface area (Å²) in [5.74, 6) is 2.59. The van der Waals surface area contributed by atoms with E-state index in [-0.39, 0.29) is 23.7 Å². The Morgan fingerprint density at radius 1 is 1.02 bits per heavy atom. The molecular weight excluding hydrogens is 578 g/mol. The van der Waals surface area contributed by atoms with E-state index in [9.17, 15) is 9.90 Å². The van der Waals surface area contributed by atoms with E-state index in [2.05, 4.69) is 43.6 Å². The number of imidazole rings is 1. The van der Waals surface area contributed by atoms with Crippen molar-refractivity contribution in [1.82, 2.24) is 29.2 Å². The molecule has 9 rings (SSSR count). The number of hydrogen-bond donors (Lipinski definition) is 2. The number of aryl methyl sites for hydroxylation is 1. The number of nitrogens with zero attached hydrogens (tertiary/aromatic N) is 6. The number of carbonyl (C=O) groups excluding carboxylic acids is 1. The molecule has 10 nitrogen and oxygen atoms in total. The Hall–Kier alpha value is -4.96. The third-order valence-corrected chi connectivity index (χ3v) is 10.5. The van der Waals surface area contributed by atoms with E-state index in [0.29, 0.717) is 34.1 Å². The van der Waals surface area contributed by atoms with Gasteiger partial charge in [0, 0.05) is 54.1 Å². The average Bonchev–Trinajstić information content (AvgIpc) is 3.48. The molecule has 1 aliphatic heterocycles. The zero-order valence-electron chi connectivity index (χ0n) is 25.8. The third-order valence-electron chi connectivity index (χ3n) is 10.5. The second-order valence-electron chi connectivity index (χ2n) is 13.3.